The van der Waals surface area contributed by atoms with E-state index in [0.717, 1.165) is 34.7 Å². The molecule has 0 aliphatic carbocycles. The van der Waals surface area contributed by atoms with Crippen LogP contribution in [0.5, 0.6) is 0 Å². The van der Waals surface area contributed by atoms with Crippen molar-refractivity contribution in [2.75, 3.05) is 5.32 Å². The third-order valence-electron chi connectivity index (χ3n) is 3.43. The maximum atomic E-state index is 4.80. The summed E-state index contributed by atoms with van der Waals surface area (Å²) in [4.78, 5) is 4.80. The Bertz CT molecular complexity index is 706. The molecule has 2 nitrogen and oxygen atoms in total. The summed E-state index contributed by atoms with van der Waals surface area (Å²) in [5.74, 6) is 0. The minimum absolute atomic E-state index is 0.899. The van der Waals surface area contributed by atoms with Crippen LogP contribution in [0.4, 0.5) is 11.4 Å². The number of para-hydroxylation sites is 1. The highest BCUT2D eigenvalue weighted by molar-refractivity contribution is 5.66. The van der Waals surface area contributed by atoms with Crippen molar-refractivity contribution in [1.82, 2.24) is 4.98 Å². The van der Waals surface area contributed by atoms with E-state index in [-0.39, 0.29) is 0 Å². The summed E-state index contributed by atoms with van der Waals surface area (Å²) in [6.45, 7) is 2.13. The standard InChI is InChI=1S/C19H18N2/c1-2-17-19(20-16-11-7-4-8-12-16)14-13-18(21-17)15-9-5-3-6-10-15/h3-14,20H,2H2,1H3. The zero-order chi connectivity index (χ0) is 14.5. The van der Waals surface area contributed by atoms with Gasteiger partial charge < -0.3 is 5.32 Å². The number of pyridine rings is 1. The van der Waals surface area contributed by atoms with Gasteiger partial charge in [-0.3, -0.25) is 4.98 Å². The normalized spacial score (nSPS) is 10.3. The molecule has 0 atom stereocenters. The van der Waals surface area contributed by atoms with Crippen molar-refractivity contribution >= 4 is 11.4 Å². The molecule has 0 spiro atoms. The van der Waals surface area contributed by atoms with E-state index in [4.69, 9.17) is 4.98 Å². The maximum absolute atomic E-state index is 4.80. The van der Waals surface area contributed by atoms with Crippen LogP contribution in [0.15, 0.2) is 72.8 Å². The fraction of sp³-hybridized carbons (Fsp3) is 0.105. The van der Waals surface area contributed by atoms with E-state index in [1.165, 1.54) is 0 Å². The molecule has 21 heavy (non-hydrogen) atoms. The number of anilines is 2. The Morgan fingerprint density at radius 1 is 0.810 bits per heavy atom. The molecule has 0 fully saturated rings. The third-order valence-corrected chi connectivity index (χ3v) is 3.43. The summed E-state index contributed by atoms with van der Waals surface area (Å²) < 4.78 is 0. The number of aryl methyl sites for hydroxylation is 1. The van der Waals surface area contributed by atoms with Gasteiger partial charge >= 0.3 is 0 Å². The van der Waals surface area contributed by atoms with Gasteiger partial charge in [0.05, 0.1) is 17.1 Å². The maximum Gasteiger partial charge on any atom is 0.0706 e. The Morgan fingerprint density at radius 2 is 1.48 bits per heavy atom. The van der Waals surface area contributed by atoms with Gasteiger partial charge in [-0.2, -0.15) is 0 Å². The first-order chi connectivity index (χ1) is 10.4. The number of nitrogens with zero attached hydrogens (tertiary/aromatic N) is 1. The Kier molecular flexibility index (Phi) is 3.97. The molecule has 0 radical (unpaired) electrons. The van der Waals surface area contributed by atoms with Crippen LogP contribution in [-0.4, -0.2) is 4.98 Å². The first-order valence-electron chi connectivity index (χ1n) is 7.24. The lowest BCUT2D eigenvalue weighted by atomic mass is 10.1. The highest BCUT2D eigenvalue weighted by atomic mass is 14.9. The van der Waals surface area contributed by atoms with Gasteiger partial charge in [0, 0.05) is 11.3 Å². The monoisotopic (exact) mass is 274 g/mol. The van der Waals surface area contributed by atoms with E-state index in [9.17, 15) is 0 Å². The van der Waals surface area contributed by atoms with Gasteiger partial charge in [0.15, 0.2) is 0 Å². The molecule has 0 saturated carbocycles. The molecule has 1 N–H and O–H groups in total. The highest BCUT2D eigenvalue weighted by Gasteiger charge is 2.06. The van der Waals surface area contributed by atoms with Crippen LogP contribution in [0.2, 0.25) is 0 Å². The van der Waals surface area contributed by atoms with Gasteiger partial charge in [-0.25, -0.2) is 0 Å². The van der Waals surface area contributed by atoms with Gasteiger partial charge in [-0.1, -0.05) is 55.5 Å². The lowest BCUT2D eigenvalue weighted by molar-refractivity contribution is 1.04. The molecule has 2 aromatic carbocycles. The van der Waals surface area contributed by atoms with Crippen LogP contribution < -0.4 is 5.32 Å². The van der Waals surface area contributed by atoms with Crippen LogP contribution in [0.25, 0.3) is 11.3 Å². The van der Waals surface area contributed by atoms with E-state index < -0.39 is 0 Å². The fourth-order valence-electron chi connectivity index (χ4n) is 2.33. The van der Waals surface area contributed by atoms with E-state index >= 15 is 0 Å². The predicted molar refractivity (Wildman–Crippen MR) is 88.8 cm³/mol. The number of benzene rings is 2. The number of hydrogen-bond donors (Lipinski definition) is 1. The summed E-state index contributed by atoms with van der Waals surface area (Å²) in [7, 11) is 0. The average molecular weight is 274 g/mol. The van der Waals surface area contributed by atoms with Crippen LogP contribution in [0, 0.1) is 0 Å². The minimum Gasteiger partial charge on any atom is -0.354 e. The van der Waals surface area contributed by atoms with E-state index in [0.29, 0.717) is 0 Å². The first-order valence-corrected chi connectivity index (χ1v) is 7.24. The van der Waals surface area contributed by atoms with Crippen LogP contribution in [0.3, 0.4) is 0 Å². The van der Waals surface area contributed by atoms with Crippen molar-refractivity contribution in [2.24, 2.45) is 0 Å². The molecule has 2 heteroatoms. The van der Waals surface area contributed by atoms with Crippen molar-refractivity contribution in [3.05, 3.63) is 78.5 Å². The SMILES string of the molecule is CCc1nc(-c2ccccc2)ccc1Nc1ccccc1. The summed E-state index contributed by atoms with van der Waals surface area (Å²) >= 11 is 0. The van der Waals surface area contributed by atoms with E-state index in [2.05, 4.69) is 48.6 Å². The zero-order valence-electron chi connectivity index (χ0n) is 12.1. The number of rotatable bonds is 4. The Labute approximate surface area is 125 Å². The number of aromatic nitrogens is 1. The van der Waals surface area contributed by atoms with Gasteiger partial charge in [0.1, 0.15) is 0 Å². The molecular formula is C19H18N2. The fourth-order valence-corrected chi connectivity index (χ4v) is 2.33. The largest absolute Gasteiger partial charge is 0.354 e. The second kappa shape index (κ2) is 6.23. The molecule has 3 aromatic rings. The smallest absolute Gasteiger partial charge is 0.0706 e. The summed E-state index contributed by atoms with van der Waals surface area (Å²) in [5.41, 5.74) is 5.41. The summed E-state index contributed by atoms with van der Waals surface area (Å²) in [6, 6.07) is 24.7. The second-order valence-electron chi connectivity index (χ2n) is 4.90. The molecule has 0 saturated heterocycles. The van der Waals surface area contributed by atoms with Crippen LogP contribution in [0.1, 0.15) is 12.6 Å². The molecule has 3 rings (SSSR count). The second-order valence-corrected chi connectivity index (χ2v) is 4.90. The summed E-state index contributed by atoms with van der Waals surface area (Å²) in [6.07, 6.45) is 0.899. The molecule has 0 aliphatic rings. The third kappa shape index (κ3) is 3.11. The quantitative estimate of drug-likeness (QED) is 0.719. The average Bonchev–Trinajstić information content (AvgIpc) is 2.57. The molecule has 0 aliphatic heterocycles. The highest BCUT2D eigenvalue weighted by Crippen LogP contribution is 2.24. The van der Waals surface area contributed by atoms with Gasteiger partial charge in [-0.15, -0.1) is 0 Å². The van der Waals surface area contributed by atoms with Crippen molar-refractivity contribution in [3.63, 3.8) is 0 Å². The molecule has 0 amide bonds. The van der Waals surface area contributed by atoms with Gasteiger partial charge in [0.2, 0.25) is 0 Å². The molecule has 0 unspecified atom stereocenters. The Balaban J connectivity index is 1.93. The topological polar surface area (TPSA) is 24.9 Å². The first kappa shape index (κ1) is 13.4. The zero-order valence-corrected chi connectivity index (χ0v) is 12.1. The van der Waals surface area contributed by atoms with Crippen molar-refractivity contribution in [3.8, 4) is 11.3 Å². The molecule has 104 valence electrons. The van der Waals surface area contributed by atoms with E-state index in [1.54, 1.807) is 0 Å². The molecule has 1 heterocycles. The Morgan fingerprint density at radius 3 is 2.14 bits per heavy atom. The number of hydrogen-bond acceptors (Lipinski definition) is 2. The summed E-state index contributed by atoms with van der Waals surface area (Å²) in [5, 5.41) is 3.44. The Hall–Kier alpha value is -2.61. The molecule has 0 bridgehead atoms. The van der Waals surface area contributed by atoms with Crippen LogP contribution in [-0.2, 0) is 6.42 Å². The molecule has 1 aromatic heterocycles. The van der Waals surface area contributed by atoms with Crippen molar-refractivity contribution in [1.29, 1.82) is 0 Å². The molecular weight excluding hydrogens is 256 g/mol. The minimum atomic E-state index is 0.899. The lowest BCUT2D eigenvalue weighted by Gasteiger charge is -2.12. The number of nitrogens with one attached hydrogen (secondary N) is 1. The van der Waals surface area contributed by atoms with Crippen molar-refractivity contribution < 1.29 is 0 Å². The van der Waals surface area contributed by atoms with Crippen molar-refractivity contribution in [2.45, 2.75) is 13.3 Å². The van der Waals surface area contributed by atoms with E-state index in [1.807, 2.05) is 36.4 Å². The van der Waals surface area contributed by atoms with Gasteiger partial charge in [-0.05, 0) is 30.7 Å². The van der Waals surface area contributed by atoms with Crippen LogP contribution >= 0.6 is 0 Å². The van der Waals surface area contributed by atoms with Gasteiger partial charge in [0.25, 0.3) is 0 Å². The predicted octanol–water partition coefficient (Wildman–Crippen LogP) is 5.05. The lowest BCUT2D eigenvalue weighted by Crippen LogP contribution is -1.99.